The fourth-order valence-electron chi connectivity index (χ4n) is 1.72. The highest BCUT2D eigenvalue weighted by Gasteiger charge is 2.20. The Morgan fingerprint density at radius 3 is 2.67 bits per heavy atom. The van der Waals surface area contributed by atoms with Gasteiger partial charge in [-0.15, -0.1) is 0 Å². The highest BCUT2D eigenvalue weighted by Crippen LogP contribution is 2.21. The van der Waals surface area contributed by atoms with Crippen molar-refractivity contribution < 1.29 is 12.8 Å². The van der Waals surface area contributed by atoms with E-state index in [0.29, 0.717) is 12.2 Å². The van der Waals surface area contributed by atoms with E-state index in [1.54, 1.807) is 22.9 Å². The predicted octanol–water partition coefficient (Wildman–Crippen LogP) is 3.19. The van der Waals surface area contributed by atoms with Crippen LogP contribution in [0.2, 0.25) is 0 Å². The van der Waals surface area contributed by atoms with E-state index in [1.165, 1.54) is 23.5 Å². The highest BCUT2D eigenvalue weighted by atomic mass is 32.2. The molecule has 1 aromatic heterocycles. The summed E-state index contributed by atoms with van der Waals surface area (Å²) in [7, 11) is -3.92. The number of nitrogens with one attached hydrogen (secondary N) is 2. The van der Waals surface area contributed by atoms with Gasteiger partial charge in [0.25, 0.3) is 10.0 Å². The van der Waals surface area contributed by atoms with Gasteiger partial charge in [-0.3, -0.25) is 4.72 Å². The number of anilines is 1. The van der Waals surface area contributed by atoms with E-state index in [2.05, 4.69) is 10.0 Å². The fraction of sp³-hybridized carbons (Fsp3) is 0.286. The number of sulfonamides is 1. The molecule has 1 heterocycles. The lowest BCUT2D eigenvalue weighted by molar-refractivity contribution is 0.564. The number of hydrogen-bond donors (Lipinski definition) is 2. The zero-order chi connectivity index (χ0) is 15.5. The van der Waals surface area contributed by atoms with Crippen LogP contribution in [-0.2, 0) is 16.6 Å². The van der Waals surface area contributed by atoms with Crippen LogP contribution in [0.5, 0.6) is 0 Å². The molecule has 4 nitrogen and oxygen atoms in total. The molecule has 0 aliphatic rings. The number of thiophene rings is 1. The molecular formula is C14H17FN2O2S2. The Balaban J connectivity index is 2.27. The van der Waals surface area contributed by atoms with Gasteiger partial charge in [0.05, 0.1) is 5.69 Å². The molecule has 0 aliphatic carbocycles. The summed E-state index contributed by atoms with van der Waals surface area (Å²) in [6, 6.07) is 6.01. The molecule has 0 saturated carbocycles. The quantitative estimate of drug-likeness (QED) is 0.856. The minimum Gasteiger partial charge on any atom is -0.310 e. The lowest BCUT2D eigenvalue weighted by Gasteiger charge is -2.11. The molecule has 0 bridgehead atoms. The van der Waals surface area contributed by atoms with Crippen molar-refractivity contribution in [2.24, 2.45) is 0 Å². The molecule has 114 valence electrons. The molecule has 0 amide bonds. The van der Waals surface area contributed by atoms with Gasteiger partial charge in [0.2, 0.25) is 0 Å². The zero-order valence-electron chi connectivity index (χ0n) is 11.8. The Kier molecular flexibility index (Phi) is 4.97. The van der Waals surface area contributed by atoms with Crippen LogP contribution < -0.4 is 10.0 Å². The molecule has 0 radical (unpaired) electrons. The predicted molar refractivity (Wildman–Crippen MR) is 83.5 cm³/mol. The van der Waals surface area contributed by atoms with E-state index < -0.39 is 15.8 Å². The second-order valence-electron chi connectivity index (χ2n) is 4.92. The van der Waals surface area contributed by atoms with Crippen molar-refractivity contribution in [2.45, 2.75) is 31.3 Å². The third-order valence-electron chi connectivity index (χ3n) is 2.77. The Morgan fingerprint density at radius 1 is 1.29 bits per heavy atom. The van der Waals surface area contributed by atoms with Crippen molar-refractivity contribution in [1.82, 2.24) is 5.32 Å². The van der Waals surface area contributed by atoms with Gasteiger partial charge in [0, 0.05) is 18.0 Å². The summed E-state index contributed by atoms with van der Waals surface area (Å²) in [5, 5.41) is 6.57. The monoisotopic (exact) mass is 328 g/mol. The van der Waals surface area contributed by atoms with Gasteiger partial charge in [0.15, 0.2) is 0 Å². The zero-order valence-corrected chi connectivity index (χ0v) is 13.4. The van der Waals surface area contributed by atoms with E-state index in [-0.39, 0.29) is 10.9 Å². The first-order chi connectivity index (χ1) is 9.88. The lowest BCUT2D eigenvalue weighted by atomic mass is 10.2. The van der Waals surface area contributed by atoms with Crippen molar-refractivity contribution in [3.8, 4) is 0 Å². The molecule has 0 unspecified atom stereocenters. The van der Waals surface area contributed by atoms with Crippen LogP contribution >= 0.6 is 11.3 Å². The van der Waals surface area contributed by atoms with Gasteiger partial charge >= 0.3 is 0 Å². The van der Waals surface area contributed by atoms with Crippen molar-refractivity contribution in [3.63, 3.8) is 0 Å². The normalized spacial score (nSPS) is 11.8. The highest BCUT2D eigenvalue weighted by molar-refractivity contribution is 7.92. The maximum absolute atomic E-state index is 13.9. The third-order valence-corrected chi connectivity index (χ3v) is 4.85. The minimum absolute atomic E-state index is 0.263. The molecule has 0 fully saturated rings. The van der Waals surface area contributed by atoms with Gasteiger partial charge in [0.1, 0.15) is 10.7 Å². The number of rotatable bonds is 6. The Bertz CT molecular complexity index is 698. The average molecular weight is 328 g/mol. The molecule has 2 aromatic rings. The first kappa shape index (κ1) is 15.9. The topological polar surface area (TPSA) is 58.2 Å². The van der Waals surface area contributed by atoms with Gasteiger partial charge in [-0.25, -0.2) is 12.8 Å². The fourth-order valence-corrected chi connectivity index (χ4v) is 3.56. The summed E-state index contributed by atoms with van der Waals surface area (Å²) in [5.41, 5.74) is 1.15. The third kappa shape index (κ3) is 4.26. The largest absolute Gasteiger partial charge is 0.310 e. The van der Waals surface area contributed by atoms with E-state index >= 15 is 0 Å². The van der Waals surface area contributed by atoms with Crippen molar-refractivity contribution in [3.05, 3.63) is 46.4 Å². The number of benzene rings is 1. The molecule has 2 N–H and O–H groups in total. The van der Waals surface area contributed by atoms with Crippen molar-refractivity contribution in [2.75, 3.05) is 4.72 Å². The number of hydrogen-bond acceptors (Lipinski definition) is 4. The van der Waals surface area contributed by atoms with E-state index in [9.17, 15) is 12.8 Å². The van der Waals surface area contributed by atoms with Crippen LogP contribution in [0, 0.1) is 5.82 Å². The molecule has 2 rings (SSSR count). The molecule has 0 saturated heterocycles. The SMILES string of the molecule is CC(C)NCc1ccc(F)c(S(=O)(=O)Nc2ccsc2)c1. The standard InChI is InChI=1S/C14H17FN2O2S2/c1-10(2)16-8-11-3-4-13(15)14(7-11)21(18,19)17-12-5-6-20-9-12/h3-7,9-10,16-17H,8H2,1-2H3. The summed E-state index contributed by atoms with van der Waals surface area (Å²) in [6.07, 6.45) is 0. The van der Waals surface area contributed by atoms with Crippen LogP contribution in [-0.4, -0.2) is 14.5 Å². The van der Waals surface area contributed by atoms with Crippen molar-refractivity contribution >= 4 is 27.0 Å². The van der Waals surface area contributed by atoms with Crippen LogP contribution in [0.3, 0.4) is 0 Å². The first-order valence-electron chi connectivity index (χ1n) is 6.45. The molecule has 0 atom stereocenters. The van der Waals surface area contributed by atoms with Gasteiger partial charge in [-0.2, -0.15) is 11.3 Å². The van der Waals surface area contributed by atoms with Gasteiger partial charge < -0.3 is 5.32 Å². The average Bonchev–Trinajstić information content (AvgIpc) is 2.89. The van der Waals surface area contributed by atoms with Crippen LogP contribution in [0.15, 0.2) is 39.9 Å². The maximum Gasteiger partial charge on any atom is 0.264 e. The van der Waals surface area contributed by atoms with E-state index in [4.69, 9.17) is 0 Å². The lowest BCUT2D eigenvalue weighted by Crippen LogP contribution is -2.22. The smallest absolute Gasteiger partial charge is 0.264 e. The first-order valence-corrected chi connectivity index (χ1v) is 8.88. The van der Waals surface area contributed by atoms with Crippen molar-refractivity contribution in [1.29, 1.82) is 0 Å². The summed E-state index contributed by atoms with van der Waals surface area (Å²) >= 11 is 1.36. The maximum atomic E-state index is 13.9. The molecule has 0 aliphatic heterocycles. The molecular weight excluding hydrogens is 311 g/mol. The van der Waals surface area contributed by atoms with Gasteiger partial charge in [-0.1, -0.05) is 19.9 Å². The van der Waals surface area contributed by atoms with E-state index in [0.717, 1.165) is 5.56 Å². The molecule has 21 heavy (non-hydrogen) atoms. The molecule has 1 aromatic carbocycles. The van der Waals surface area contributed by atoms with Crippen LogP contribution in [0.4, 0.5) is 10.1 Å². The molecule has 0 spiro atoms. The summed E-state index contributed by atoms with van der Waals surface area (Å²) in [5.74, 6) is -0.758. The van der Waals surface area contributed by atoms with Crippen LogP contribution in [0.1, 0.15) is 19.4 Å². The second kappa shape index (κ2) is 6.55. The second-order valence-corrected chi connectivity index (χ2v) is 7.35. The summed E-state index contributed by atoms with van der Waals surface area (Å²) in [4.78, 5) is -0.336. The molecule has 7 heteroatoms. The number of halogens is 1. The van der Waals surface area contributed by atoms with Gasteiger partial charge in [-0.05, 0) is 29.1 Å². The Morgan fingerprint density at radius 2 is 2.05 bits per heavy atom. The summed E-state index contributed by atoms with van der Waals surface area (Å²) in [6.45, 7) is 4.46. The Hall–Kier alpha value is -1.44. The Labute approximate surface area is 128 Å². The minimum atomic E-state index is -3.92. The van der Waals surface area contributed by atoms with Crippen LogP contribution in [0.25, 0.3) is 0 Å². The van der Waals surface area contributed by atoms with E-state index in [1.807, 2.05) is 13.8 Å². The summed E-state index contributed by atoms with van der Waals surface area (Å²) < 4.78 is 40.7.